The van der Waals surface area contributed by atoms with E-state index in [1.165, 1.54) is 0 Å². The fraction of sp³-hybridized carbons (Fsp3) is 0.500. The second-order valence-corrected chi connectivity index (χ2v) is 7.62. The molecule has 18 heavy (non-hydrogen) atoms. The molecule has 1 aliphatic heterocycles. The molecule has 1 unspecified atom stereocenters. The molecule has 6 heteroatoms. The molecule has 1 aliphatic rings. The summed E-state index contributed by atoms with van der Waals surface area (Å²) in [4.78, 5) is 0.325. The molecule has 0 saturated carbocycles. The Morgan fingerprint density at radius 3 is 2.61 bits per heavy atom. The Hall–Kier alpha value is -0.100. The quantitative estimate of drug-likeness (QED) is 0.781. The Balaban J connectivity index is 2.15. The number of alkyl halides is 1. The Labute approximate surface area is 121 Å². The van der Waals surface area contributed by atoms with Crippen molar-refractivity contribution in [2.75, 3.05) is 18.4 Å². The van der Waals surface area contributed by atoms with Crippen molar-refractivity contribution in [3.05, 3.63) is 29.3 Å². The van der Waals surface area contributed by atoms with E-state index in [1.807, 2.05) is 0 Å². The molecular formula is C12H15BrClNO2S. The fourth-order valence-corrected chi connectivity index (χ4v) is 4.47. The van der Waals surface area contributed by atoms with E-state index in [1.54, 1.807) is 28.6 Å². The maximum atomic E-state index is 12.4. The summed E-state index contributed by atoms with van der Waals surface area (Å²) in [6.07, 6.45) is 1.96. The van der Waals surface area contributed by atoms with E-state index in [-0.39, 0.29) is 0 Å². The third-order valence-corrected chi connectivity index (χ3v) is 5.81. The topological polar surface area (TPSA) is 37.4 Å². The maximum absolute atomic E-state index is 12.4. The highest BCUT2D eigenvalue weighted by Gasteiger charge is 2.31. The van der Waals surface area contributed by atoms with E-state index in [9.17, 15) is 8.42 Å². The van der Waals surface area contributed by atoms with Crippen LogP contribution in [0, 0.1) is 5.92 Å². The first kappa shape index (κ1) is 14.3. The van der Waals surface area contributed by atoms with Gasteiger partial charge in [-0.2, -0.15) is 4.31 Å². The minimum atomic E-state index is -3.35. The van der Waals surface area contributed by atoms with Crippen LogP contribution in [0.25, 0.3) is 0 Å². The van der Waals surface area contributed by atoms with Gasteiger partial charge in [0.1, 0.15) is 0 Å². The standard InChI is InChI=1S/C12H15BrClNO2S/c13-7-5-10-6-8-15(9-10)18(16,17)12-3-1-11(14)2-4-12/h1-4,10H,5-9H2. The van der Waals surface area contributed by atoms with E-state index in [2.05, 4.69) is 15.9 Å². The lowest BCUT2D eigenvalue weighted by molar-refractivity contribution is 0.454. The summed E-state index contributed by atoms with van der Waals surface area (Å²) in [5, 5.41) is 1.47. The van der Waals surface area contributed by atoms with Crippen LogP contribution in [0.1, 0.15) is 12.8 Å². The molecule has 3 nitrogen and oxygen atoms in total. The van der Waals surface area contributed by atoms with Crippen molar-refractivity contribution in [3.8, 4) is 0 Å². The summed E-state index contributed by atoms with van der Waals surface area (Å²) in [6.45, 7) is 1.24. The molecule has 0 spiro atoms. The molecule has 1 atom stereocenters. The van der Waals surface area contributed by atoms with Crippen molar-refractivity contribution in [3.63, 3.8) is 0 Å². The normalized spacial score (nSPS) is 21.3. The zero-order chi connectivity index (χ0) is 13.2. The molecule has 0 amide bonds. The van der Waals surface area contributed by atoms with Gasteiger partial charge in [-0.15, -0.1) is 0 Å². The first-order chi connectivity index (χ1) is 8.54. The Morgan fingerprint density at radius 2 is 2.00 bits per heavy atom. The van der Waals surface area contributed by atoms with Gasteiger partial charge in [-0.3, -0.25) is 0 Å². The van der Waals surface area contributed by atoms with Crippen LogP contribution in [-0.4, -0.2) is 31.1 Å². The average molecular weight is 353 g/mol. The van der Waals surface area contributed by atoms with E-state index >= 15 is 0 Å². The lowest BCUT2D eigenvalue weighted by Crippen LogP contribution is -2.28. The average Bonchev–Trinajstić information content (AvgIpc) is 2.79. The summed E-state index contributed by atoms with van der Waals surface area (Å²) in [7, 11) is -3.35. The van der Waals surface area contributed by atoms with Crippen LogP contribution >= 0.6 is 27.5 Å². The van der Waals surface area contributed by atoms with Gasteiger partial charge in [-0.05, 0) is 43.0 Å². The maximum Gasteiger partial charge on any atom is 0.243 e. The molecule has 100 valence electrons. The van der Waals surface area contributed by atoms with Gasteiger partial charge in [0, 0.05) is 23.4 Å². The highest BCUT2D eigenvalue weighted by molar-refractivity contribution is 9.09. The largest absolute Gasteiger partial charge is 0.243 e. The zero-order valence-electron chi connectivity index (χ0n) is 9.85. The van der Waals surface area contributed by atoms with Crippen molar-refractivity contribution in [1.82, 2.24) is 4.31 Å². The first-order valence-corrected chi connectivity index (χ1v) is 8.79. The monoisotopic (exact) mass is 351 g/mol. The Kier molecular flexibility index (Phi) is 4.69. The molecule has 0 aliphatic carbocycles. The molecule has 1 saturated heterocycles. The summed E-state index contributed by atoms with van der Waals surface area (Å²) < 4.78 is 26.3. The van der Waals surface area contributed by atoms with Gasteiger partial charge in [-0.25, -0.2) is 8.42 Å². The molecule has 0 radical (unpaired) electrons. The summed E-state index contributed by atoms with van der Waals surface area (Å²) in [6, 6.07) is 6.35. The van der Waals surface area contributed by atoms with Crippen LogP contribution in [0.5, 0.6) is 0 Å². The van der Waals surface area contributed by atoms with Gasteiger partial charge in [0.25, 0.3) is 0 Å². The van der Waals surface area contributed by atoms with E-state index < -0.39 is 10.0 Å². The number of hydrogen-bond acceptors (Lipinski definition) is 2. The van der Waals surface area contributed by atoms with E-state index in [0.717, 1.165) is 18.2 Å². The zero-order valence-corrected chi connectivity index (χ0v) is 13.0. The van der Waals surface area contributed by atoms with Gasteiger partial charge < -0.3 is 0 Å². The molecule has 1 fully saturated rings. The minimum Gasteiger partial charge on any atom is -0.207 e. The number of rotatable bonds is 4. The lowest BCUT2D eigenvalue weighted by Gasteiger charge is -2.16. The number of halogens is 2. The number of sulfonamides is 1. The highest BCUT2D eigenvalue weighted by Crippen LogP contribution is 2.27. The van der Waals surface area contributed by atoms with Gasteiger partial charge in [-0.1, -0.05) is 27.5 Å². The first-order valence-electron chi connectivity index (χ1n) is 5.85. The number of benzene rings is 1. The number of nitrogens with zero attached hydrogens (tertiary/aromatic N) is 1. The second kappa shape index (κ2) is 5.90. The Morgan fingerprint density at radius 1 is 1.33 bits per heavy atom. The second-order valence-electron chi connectivity index (χ2n) is 4.45. The minimum absolute atomic E-state index is 0.325. The fourth-order valence-electron chi connectivity index (χ4n) is 2.16. The van der Waals surface area contributed by atoms with Crippen LogP contribution in [-0.2, 0) is 10.0 Å². The predicted octanol–water partition coefficient (Wildman–Crippen LogP) is 3.14. The number of hydrogen-bond donors (Lipinski definition) is 0. The summed E-state index contributed by atoms with van der Waals surface area (Å²) >= 11 is 9.17. The molecule has 0 aromatic heterocycles. The molecule has 2 rings (SSSR count). The molecule has 1 aromatic carbocycles. The molecule has 0 bridgehead atoms. The van der Waals surface area contributed by atoms with Crippen molar-refractivity contribution >= 4 is 37.6 Å². The molecule has 1 heterocycles. The van der Waals surface area contributed by atoms with Crippen molar-refractivity contribution in [2.24, 2.45) is 5.92 Å². The smallest absolute Gasteiger partial charge is 0.207 e. The highest BCUT2D eigenvalue weighted by atomic mass is 79.9. The van der Waals surface area contributed by atoms with Gasteiger partial charge in [0.2, 0.25) is 10.0 Å². The van der Waals surface area contributed by atoms with Crippen LogP contribution in [0.4, 0.5) is 0 Å². The summed E-state index contributed by atoms with van der Waals surface area (Å²) in [5.74, 6) is 0.464. The molecular weight excluding hydrogens is 338 g/mol. The van der Waals surface area contributed by atoms with Crippen LogP contribution in [0.3, 0.4) is 0 Å². The van der Waals surface area contributed by atoms with Gasteiger partial charge in [0.15, 0.2) is 0 Å². The van der Waals surface area contributed by atoms with Crippen molar-refractivity contribution in [1.29, 1.82) is 0 Å². The molecule has 0 N–H and O–H groups in total. The lowest BCUT2D eigenvalue weighted by atomic mass is 10.1. The predicted molar refractivity (Wildman–Crippen MR) is 76.7 cm³/mol. The third-order valence-electron chi connectivity index (χ3n) is 3.22. The van der Waals surface area contributed by atoms with Crippen LogP contribution in [0.2, 0.25) is 5.02 Å². The van der Waals surface area contributed by atoms with Crippen LogP contribution < -0.4 is 0 Å². The van der Waals surface area contributed by atoms with Gasteiger partial charge in [0.05, 0.1) is 4.90 Å². The Bertz CT molecular complexity index is 503. The van der Waals surface area contributed by atoms with E-state index in [4.69, 9.17) is 11.6 Å². The van der Waals surface area contributed by atoms with Crippen molar-refractivity contribution in [2.45, 2.75) is 17.7 Å². The van der Waals surface area contributed by atoms with Gasteiger partial charge >= 0.3 is 0 Å². The SMILES string of the molecule is O=S(=O)(c1ccc(Cl)cc1)N1CCC(CCBr)C1. The summed E-state index contributed by atoms with van der Waals surface area (Å²) in [5.41, 5.74) is 0. The third kappa shape index (κ3) is 3.07. The van der Waals surface area contributed by atoms with E-state index in [0.29, 0.717) is 28.9 Å². The van der Waals surface area contributed by atoms with Crippen LogP contribution in [0.15, 0.2) is 29.2 Å². The molecule has 1 aromatic rings. The van der Waals surface area contributed by atoms with Crippen molar-refractivity contribution < 1.29 is 8.42 Å².